The van der Waals surface area contributed by atoms with E-state index in [2.05, 4.69) is 21.8 Å². The summed E-state index contributed by atoms with van der Waals surface area (Å²) in [7, 11) is 0. The number of anilines is 1. The molecule has 0 saturated heterocycles. The average Bonchev–Trinajstić information content (AvgIpc) is 2.90. The van der Waals surface area contributed by atoms with Crippen LogP contribution in [0.2, 0.25) is 0 Å². The van der Waals surface area contributed by atoms with Crippen molar-refractivity contribution in [2.45, 2.75) is 26.2 Å². The van der Waals surface area contributed by atoms with Crippen LogP contribution in [0.4, 0.5) is 5.69 Å². The molecule has 1 heterocycles. The number of benzene rings is 1. The molecular formula is C14H16ClN3OS. The fourth-order valence-electron chi connectivity index (χ4n) is 1.83. The fourth-order valence-corrected chi connectivity index (χ4v) is 2.65. The molecule has 6 heteroatoms. The summed E-state index contributed by atoms with van der Waals surface area (Å²) in [5.41, 5.74) is 2.70. The summed E-state index contributed by atoms with van der Waals surface area (Å²) in [4.78, 5) is 12.8. The Morgan fingerprint density at radius 3 is 2.70 bits per heavy atom. The van der Waals surface area contributed by atoms with Crippen molar-refractivity contribution in [1.29, 1.82) is 0 Å². The van der Waals surface area contributed by atoms with E-state index >= 15 is 0 Å². The second-order valence-corrected chi connectivity index (χ2v) is 5.52. The van der Waals surface area contributed by atoms with E-state index in [9.17, 15) is 4.79 Å². The van der Waals surface area contributed by atoms with Gasteiger partial charge in [0.2, 0.25) is 0 Å². The summed E-state index contributed by atoms with van der Waals surface area (Å²) in [6, 6.07) is 7.70. The maximum Gasteiger partial charge on any atom is 0.269 e. The molecule has 2 aromatic rings. The molecule has 0 fully saturated rings. The molecule has 1 aromatic heterocycles. The molecule has 106 valence electrons. The van der Waals surface area contributed by atoms with E-state index in [-0.39, 0.29) is 5.91 Å². The van der Waals surface area contributed by atoms with Crippen LogP contribution in [-0.2, 0) is 12.8 Å². The Balaban J connectivity index is 2.05. The zero-order chi connectivity index (χ0) is 14.4. The SMILES string of the molecule is CCCc1nnsc1C(=O)Nc1ccc(CCCl)cc1. The minimum atomic E-state index is -0.145. The maximum atomic E-state index is 12.2. The first-order valence-electron chi connectivity index (χ1n) is 6.52. The summed E-state index contributed by atoms with van der Waals surface area (Å²) in [6.07, 6.45) is 2.54. The average molecular weight is 310 g/mol. The maximum absolute atomic E-state index is 12.2. The lowest BCUT2D eigenvalue weighted by molar-refractivity contribution is 0.102. The zero-order valence-corrected chi connectivity index (χ0v) is 12.8. The van der Waals surface area contributed by atoms with Gasteiger partial charge in [0.05, 0.1) is 5.69 Å². The van der Waals surface area contributed by atoms with Crippen molar-refractivity contribution >= 4 is 34.7 Å². The van der Waals surface area contributed by atoms with Crippen LogP contribution >= 0.6 is 23.1 Å². The first-order valence-corrected chi connectivity index (χ1v) is 7.83. The van der Waals surface area contributed by atoms with Crippen molar-refractivity contribution in [3.63, 3.8) is 0 Å². The van der Waals surface area contributed by atoms with Gasteiger partial charge in [0.1, 0.15) is 4.88 Å². The number of hydrogen-bond acceptors (Lipinski definition) is 4. The Morgan fingerprint density at radius 2 is 2.05 bits per heavy atom. The second-order valence-electron chi connectivity index (χ2n) is 4.39. The van der Waals surface area contributed by atoms with Crippen molar-refractivity contribution < 1.29 is 4.79 Å². The topological polar surface area (TPSA) is 54.9 Å². The van der Waals surface area contributed by atoms with Crippen LogP contribution in [0, 0.1) is 0 Å². The molecule has 4 nitrogen and oxygen atoms in total. The van der Waals surface area contributed by atoms with Crippen LogP contribution < -0.4 is 5.32 Å². The Hall–Kier alpha value is -1.46. The van der Waals surface area contributed by atoms with Gasteiger partial charge in [-0.15, -0.1) is 16.7 Å². The molecule has 0 unspecified atom stereocenters. The van der Waals surface area contributed by atoms with E-state index in [1.807, 2.05) is 24.3 Å². The van der Waals surface area contributed by atoms with E-state index in [1.165, 1.54) is 0 Å². The first kappa shape index (κ1) is 14.9. The van der Waals surface area contributed by atoms with Crippen LogP contribution in [0.25, 0.3) is 0 Å². The number of nitrogens with zero attached hydrogens (tertiary/aromatic N) is 2. The number of hydrogen-bond donors (Lipinski definition) is 1. The smallest absolute Gasteiger partial charge is 0.269 e. The van der Waals surface area contributed by atoms with Crippen molar-refractivity contribution in [3.8, 4) is 0 Å². The Kier molecular flexibility index (Phi) is 5.49. The van der Waals surface area contributed by atoms with Gasteiger partial charge in [0.25, 0.3) is 5.91 Å². The minimum Gasteiger partial charge on any atom is -0.321 e. The normalized spacial score (nSPS) is 10.5. The van der Waals surface area contributed by atoms with Gasteiger partial charge >= 0.3 is 0 Å². The van der Waals surface area contributed by atoms with Crippen molar-refractivity contribution in [2.24, 2.45) is 0 Å². The summed E-state index contributed by atoms with van der Waals surface area (Å²) >= 11 is 6.83. The molecule has 20 heavy (non-hydrogen) atoms. The molecule has 0 radical (unpaired) electrons. The Bertz CT molecular complexity index is 568. The molecule has 0 atom stereocenters. The third kappa shape index (κ3) is 3.77. The zero-order valence-electron chi connectivity index (χ0n) is 11.2. The van der Waals surface area contributed by atoms with Crippen LogP contribution in [0.3, 0.4) is 0 Å². The molecule has 2 rings (SSSR count). The van der Waals surface area contributed by atoms with Crippen LogP contribution in [0.5, 0.6) is 0 Å². The molecule has 1 amide bonds. The molecular weight excluding hydrogens is 294 g/mol. The van der Waals surface area contributed by atoms with E-state index in [1.54, 1.807) is 0 Å². The first-order chi connectivity index (χ1) is 9.74. The number of rotatable bonds is 6. The van der Waals surface area contributed by atoms with Gasteiger partial charge in [0, 0.05) is 11.6 Å². The minimum absolute atomic E-state index is 0.145. The summed E-state index contributed by atoms with van der Waals surface area (Å²) in [5, 5.41) is 6.87. The lowest BCUT2D eigenvalue weighted by atomic mass is 10.1. The lowest BCUT2D eigenvalue weighted by Gasteiger charge is -2.05. The van der Waals surface area contributed by atoms with Crippen molar-refractivity contribution in [2.75, 3.05) is 11.2 Å². The van der Waals surface area contributed by atoms with Crippen molar-refractivity contribution in [3.05, 3.63) is 40.4 Å². The number of nitrogens with one attached hydrogen (secondary N) is 1. The standard InChI is InChI=1S/C14H16ClN3OS/c1-2-3-12-13(20-18-17-12)14(19)16-11-6-4-10(5-7-11)8-9-15/h4-7H,2-3,8-9H2,1H3,(H,16,19). The number of halogens is 1. The largest absolute Gasteiger partial charge is 0.321 e. The van der Waals surface area contributed by atoms with Crippen LogP contribution in [-0.4, -0.2) is 21.4 Å². The molecule has 1 N–H and O–H groups in total. The number of alkyl halides is 1. The number of carbonyl (C=O) groups is 1. The quantitative estimate of drug-likeness (QED) is 0.831. The molecule has 0 aliphatic rings. The van der Waals surface area contributed by atoms with E-state index in [0.29, 0.717) is 10.8 Å². The second kappa shape index (κ2) is 7.36. The van der Waals surface area contributed by atoms with Crippen LogP contribution in [0.1, 0.15) is 34.3 Å². The van der Waals surface area contributed by atoms with E-state index in [4.69, 9.17) is 11.6 Å². The Labute approximate surface area is 127 Å². The lowest BCUT2D eigenvalue weighted by Crippen LogP contribution is -2.12. The van der Waals surface area contributed by atoms with E-state index < -0.39 is 0 Å². The van der Waals surface area contributed by atoms with Gasteiger partial charge in [0.15, 0.2) is 0 Å². The van der Waals surface area contributed by atoms with Crippen LogP contribution in [0.15, 0.2) is 24.3 Å². The molecule has 1 aromatic carbocycles. The van der Waals surface area contributed by atoms with Gasteiger partial charge in [-0.1, -0.05) is 30.0 Å². The third-order valence-corrected chi connectivity index (χ3v) is 3.80. The highest BCUT2D eigenvalue weighted by atomic mass is 35.5. The van der Waals surface area contributed by atoms with Gasteiger partial charge < -0.3 is 5.32 Å². The monoisotopic (exact) mass is 309 g/mol. The molecule has 0 spiro atoms. The highest BCUT2D eigenvalue weighted by Crippen LogP contribution is 2.16. The number of aromatic nitrogens is 2. The van der Waals surface area contributed by atoms with Gasteiger partial charge in [-0.05, 0) is 42.1 Å². The number of carbonyl (C=O) groups excluding carboxylic acids is 1. The summed E-state index contributed by atoms with van der Waals surface area (Å²) in [5.74, 6) is 0.451. The van der Waals surface area contributed by atoms with Crippen molar-refractivity contribution in [1.82, 2.24) is 9.59 Å². The highest BCUT2D eigenvalue weighted by Gasteiger charge is 2.15. The molecule has 0 saturated carbocycles. The fraction of sp³-hybridized carbons (Fsp3) is 0.357. The third-order valence-electron chi connectivity index (χ3n) is 2.84. The number of aryl methyl sites for hydroxylation is 2. The molecule has 0 bridgehead atoms. The number of amides is 1. The predicted octanol–water partition coefficient (Wildman–Crippen LogP) is 3.52. The van der Waals surface area contributed by atoms with E-state index in [0.717, 1.165) is 47.7 Å². The summed E-state index contributed by atoms with van der Waals surface area (Å²) < 4.78 is 3.86. The predicted molar refractivity (Wildman–Crippen MR) is 82.7 cm³/mol. The van der Waals surface area contributed by atoms with Gasteiger partial charge in [-0.3, -0.25) is 4.79 Å². The molecule has 0 aliphatic heterocycles. The van der Waals surface area contributed by atoms with Gasteiger partial charge in [-0.25, -0.2) is 0 Å². The summed E-state index contributed by atoms with van der Waals surface area (Å²) in [6.45, 7) is 2.05. The highest BCUT2D eigenvalue weighted by molar-refractivity contribution is 7.08. The van der Waals surface area contributed by atoms with Gasteiger partial charge in [-0.2, -0.15) is 0 Å². The Morgan fingerprint density at radius 1 is 1.30 bits per heavy atom. The molecule has 0 aliphatic carbocycles.